The van der Waals surface area contributed by atoms with E-state index >= 15 is 0 Å². The zero-order valence-electron chi connectivity index (χ0n) is 13.3. The number of benzene rings is 2. The molecule has 0 radical (unpaired) electrons. The van der Waals surface area contributed by atoms with Gasteiger partial charge in [-0.15, -0.1) is 0 Å². The quantitative estimate of drug-likeness (QED) is 0.712. The van der Waals surface area contributed by atoms with E-state index in [1.54, 1.807) is 12.1 Å². The topological polar surface area (TPSA) is 23.6 Å². The van der Waals surface area contributed by atoms with Crippen molar-refractivity contribution in [3.8, 4) is 0 Å². The number of hydrogen-bond donors (Lipinski definition) is 0. The van der Waals surface area contributed by atoms with E-state index < -0.39 is 0 Å². The molecule has 0 aromatic heterocycles. The summed E-state index contributed by atoms with van der Waals surface area (Å²) in [6.07, 6.45) is 0. The molecule has 1 amide bonds. The second kappa shape index (κ2) is 6.94. The second-order valence-electron chi connectivity index (χ2n) is 4.03. The van der Waals surface area contributed by atoms with E-state index in [0.717, 1.165) is 22.0 Å². The lowest BCUT2D eigenvalue weighted by Gasteiger charge is -2.35. The molecule has 0 saturated carbocycles. The summed E-state index contributed by atoms with van der Waals surface area (Å²) in [6, 6.07) is 11.9. The fourth-order valence-electron chi connectivity index (χ4n) is 2.24. The number of rotatable bonds is 0. The van der Waals surface area contributed by atoms with Crippen LogP contribution in [0.2, 0.25) is 0 Å². The highest BCUT2D eigenvalue weighted by Gasteiger charge is 2.26. The van der Waals surface area contributed by atoms with Gasteiger partial charge in [0, 0.05) is 19.5 Å². The average molecular weight is 272 g/mol. The van der Waals surface area contributed by atoms with Gasteiger partial charge in [-0.05, 0) is 17.5 Å². The van der Waals surface area contributed by atoms with Crippen LogP contribution in [0.25, 0.3) is 10.8 Å². The Labute approximate surface area is 121 Å². The minimum absolute atomic E-state index is 0.0480. The number of amides is 1. The van der Waals surface area contributed by atoms with Gasteiger partial charge in [0.05, 0.1) is 11.3 Å². The predicted octanol–water partition coefficient (Wildman–Crippen LogP) is 4.33. The first-order valence-corrected chi connectivity index (χ1v) is 7.23. The Kier molecular flexibility index (Phi) is 5.56. The molecule has 2 aromatic rings. The van der Waals surface area contributed by atoms with E-state index in [1.807, 2.05) is 76.1 Å². The van der Waals surface area contributed by atoms with Crippen LogP contribution in [0.4, 0.5) is 5.69 Å². The van der Waals surface area contributed by atoms with Crippen molar-refractivity contribution in [2.45, 2.75) is 27.7 Å². The van der Waals surface area contributed by atoms with Crippen LogP contribution in [-0.2, 0) is 0 Å². The maximum Gasteiger partial charge on any atom is 0.272 e. The van der Waals surface area contributed by atoms with E-state index in [0.29, 0.717) is 0 Å². The van der Waals surface area contributed by atoms with Crippen molar-refractivity contribution in [2.75, 3.05) is 19.1 Å². The Bertz CT molecular complexity index is 587. The Hall–Kier alpha value is -2.03. The fourth-order valence-corrected chi connectivity index (χ4v) is 2.24. The van der Waals surface area contributed by atoms with Gasteiger partial charge in [-0.3, -0.25) is 14.8 Å². The zero-order valence-corrected chi connectivity index (χ0v) is 13.3. The largest absolute Gasteiger partial charge is 0.285 e. The van der Waals surface area contributed by atoms with E-state index in [2.05, 4.69) is 0 Å². The highest BCUT2D eigenvalue weighted by atomic mass is 16.2. The van der Waals surface area contributed by atoms with Crippen LogP contribution >= 0.6 is 0 Å². The van der Waals surface area contributed by atoms with Gasteiger partial charge in [-0.1, -0.05) is 52.0 Å². The van der Waals surface area contributed by atoms with Crippen molar-refractivity contribution in [2.24, 2.45) is 0 Å². The van der Waals surface area contributed by atoms with Gasteiger partial charge in [0.15, 0.2) is 0 Å². The zero-order chi connectivity index (χ0) is 15.3. The van der Waals surface area contributed by atoms with Crippen LogP contribution in [0.1, 0.15) is 38.1 Å². The van der Waals surface area contributed by atoms with Crippen molar-refractivity contribution in [1.82, 2.24) is 5.01 Å². The molecule has 3 rings (SSSR count). The monoisotopic (exact) mass is 272 g/mol. The number of carbonyl (C=O) groups is 1. The number of anilines is 1. The number of hydrogen-bond acceptors (Lipinski definition) is 2. The van der Waals surface area contributed by atoms with Crippen LogP contribution in [-0.4, -0.2) is 25.0 Å². The summed E-state index contributed by atoms with van der Waals surface area (Å²) < 4.78 is 0. The molecule has 1 heterocycles. The minimum atomic E-state index is 0.0480. The Balaban J connectivity index is 0.000000461. The van der Waals surface area contributed by atoms with Gasteiger partial charge in [-0.2, -0.15) is 0 Å². The third kappa shape index (κ3) is 2.48. The summed E-state index contributed by atoms with van der Waals surface area (Å²) in [6.45, 7) is 8.00. The van der Waals surface area contributed by atoms with E-state index in [9.17, 15) is 4.79 Å². The molecule has 3 heteroatoms. The number of hydrazine groups is 1. The smallest absolute Gasteiger partial charge is 0.272 e. The maximum atomic E-state index is 12.1. The molecule has 20 heavy (non-hydrogen) atoms. The van der Waals surface area contributed by atoms with E-state index in [-0.39, 0.29) is 5.91 Å². The third-order valence-electron chi connectivity index (χ3n) is 3.21. The summed E-state index contributed by atoms with van der Waals surface area (Å²) in [5.74, 6) is 0.0480. The van der Waals surface area contributed by atoms with Crippen molar-refractivity contribution in [3.63, 3.8) is 0 Å². The molecule has 0 spiro atoms. The van der Waals surface area contributed by atoms with Crippen molar-refractivity contribution < 1.29 is 4.79 Å². The van der Waals surface area contributed by atoms with Crippen molar-refractivity contribution in [1.29, 1.82) is 0 Å². The summed E-state index contributed by atoms with van der Waals surface area (Å²) in [5.41, 5.74) is 1.86. The molecule has 0 atom stereocenters. The van der Waals surface area contributed by atoms with Crippen LogP contribution in [0, 0.1) is 0 Å². The van der Waals surface area contributed by atoms with Gasteiger partial charge < -0.3 is 0 Å². The van der Waals surface area contributed by atoms with E-state index in [4.69, 9.17) is 0 Å². The normalized spacial score (nSPS) is 12.4. The first kappa shape index (κ1) is 16.0. The molecule has 1 aliphatic rings. The predicted molar refractivity (Wildman–Crippen MR) is 87.1 cm³/mol. The summed E-state index contributed by atoms with van der Waals surface area (Å²) in [5, 5.41) is 5.69. The number of carbonyl (C=O) groups excluding carboxylic acids is 1. The Morgan fingerprint density at radius 3 is 1.95 bits per heavy atom. The lowest BCUT2D eigenvalue weighted by atomic mass is 10.00. The summed E-state index contributed by atoms with van der Waals surface area (Å²) in [4.78, 5) is 12.1. The molecule has 0 N–H and O–H groups in total. The van der Waals surface area contributed by atoms with Crippen molar-refractivity contribution >= 4 is 22.4 Å². The average Bonchev–Trinajstić information content (AvgIpc) is 2.54. The molecule has 0 unspecified atom stereocenters. The van der Waals surface area contributed by atoms with Crippen LogP contribution in [0.3, 0.4) is 0 Å². The lowest BCUT2D eigenvalue weighted by Crippen LogP contribution is -2.44. The van der Waals surface area contributed by atoms with Gasteiger partial charge in [-0.25, -0.2) is 0 Å². The van der Waals surface area contributed by atoms with Crippen LogP contribution in [0.5, 0.6) is 0 Å². The molecule has 3 nitrogen and oxygen atoms in total. The maximum absolute atomic E-state index is 12.1. The SMILES string of the molecule is CC.CC.CN1C(=O)c2cccc3cccc(c23)N1C. The number of nitrogens with zero attached hydrogens (tertiary/aromatic N) is 2. The highest BCUT2D eigenvalue weighted by Crippen LogP contribution is 2.34. The van der Waals surface area contributed by atoms with Gasteiger partial charge >= 0.3 is 0 Å². The third-order valence-corrected chi connectivity index (χ3v) is 3.21. The Morgan fingerprint density at radius 2 is 1.35 bits per heavy atom. The molecule has 108 valence electrons. The molecular weight excluding hydrogens is 248 g/mol. The fraction of sp³-hybridized carbons (Fsp3) is 0.353. The molecule has 0 saturated heterocycles. The molecule has 0 bridgehead atoms. The lowest BCUT2D eigenvalue weighted by molar-refractivity contribution is 0.0783. The first-order valence-electron chi connectivity index (χ1n) is 7.23. The summed E-state index contributed by atoms with van der Waals surface area (Å²) in [7, 11) is 3.69. The summed E-state index contributed by atoms with van der Waals surface area (Å²) >= 11 is 0. The minimum Gasteiger partial charge on any atom is -0.285 e. The molecule has 0 fully saturated rings. The first-order chi connectivity index (χ1) is 9.70. The van der Waals surface area contributed by atoms with Gasteiger partial charge in [0.2, 0.25) is 0 Å². The van der Waals surface area contributed by atoms with Crippen LogP contribution in [0.15, 0.2) is 36.4 Å². The van der Waals surface area contributed by atoms with Gasteiger partial charge in [0.1, 0.15) is 0 Å². The highest BCUT2D eigenvalue weighted by molar-refractivity contribution is 6.14. The van der Waals surface area contributed by atoms with E-state index in [1.165, 1.54) is 0 Å². The van der Waals surface area contributed by atoms with Crippen LogP contribution < -0.4 is 5.01 Å². The van der Waals surface area contributed by atoms with Crippen molar-refractivity contribution in [3.05, 3.63) is 42.0 Å². The molecule has 0 aliphatic carbocycles. The van der Waals surface area contributed by atoms with Gasteiger partial charge in [0.25, 0.3) is 5.91 Å². The standard InChI is InChI=1S/C13H12N2O.2C2H6/c1-14-11-8-4-6-9-5-3-7-10(12(9)11)13(16)15(14)2;2*1-2/h3-8H,1-2H3;2*1-2H3. The molecule has 1 aliphatic heterocycles. The molecule has 2 aromatic carbocycles. The second-order valence-corrected chi connectivity index (χ2v) is 4.03. The molecular formula is C17H24N2O. The Morgan fingerprint density at radius 1 is 0.800 bits per heavy atom.